The molecule has 0 amide bonds. The third-order valence-corrected chi connectivity index (χ3v) is 3.34. The second-order valence-electron chi connectivity index (χ2n) is 4.81. The third kappa shape index (κ3) is 4.48. The average molecular weight is 265 g/mol. The lowest BCUT2D eigenvalue weighted by Crippen LogP contribution is -2.29. The van der Waals surface area contributed by atoms with Crippen molar-refractivity contribution >= 4 is 5.69 Å². The summed E-state index contributed by atoms with van der Waals surface area (Å²) in [6.07, 6.45) is 5.92. The lowest BCUT2D eigenvalue weighted by atomic mass is 9.95. The highest BCUT2D eigenvalue weighted by atomic mass is 16.6. The van der Waals surface area contributed by atoms with Gasteiger partial charge < -0.3 is 10.1 Å². The molecule has 1 atom stereocenters. The second-order valence-corrected chi connectivity index (χ2v) is 4.81. The van der Waals surface area contributed by atoms with Crippen LogP contribution in [-0.4, -0.2) is 29.6 Å². The molecular weight excluding hydrogens is 246 g/mol. The minimum atomic E-state index is -0.465. The minimum Gasteiger partial charge on any atom is -0.478 e. The Balaban J connectivity index is 1.66. The van der Waals surface area contributed by atoms with E-state index in [-0.39, 0.29) is 5.69 Å². The Kier molecular flexibility index (Phi) is 5.09. The number of nitro groups is 1. The van der Waals surface area contributed by atoms with E-state index < -0.39 is 4.92 Å². The molecule has 0 radical (unpaired) electrons. The zero-order valence-corrected chi connectivity index (χ0v) is 10.9. The number of hydrogen-bond acceptors (Lipinski definition) is 5. The first-order valence-electron chi connectivity index (χ1n) is 6.69. The maximum Gasteiger partial charge on any atom is 0.287 e. The van der Waals surface area contributed by atoms with E-state index in [0.717, 1.165) is 31.8 Å². The normalized spacial score (nSPS) is 19.1. The molecule has 0 bridgehead atoms. The van der Waals surface area contributed by atoms with Crippen molar-refractivity contribution in [3.63, 3.8) is 0 Å². The van der Waals surface area contributed by atoms with Crippen LogP contribution in [0.1, 0.15) is 25.7 Å². The number of aromatic nitrogens is 1. The quantitative estimate of drug-likeness (QED) is 0.484. The molecule has 0 unspecified atom stereocenters. The van der Waals surface area contributed by atoms with Gasteiger partial charge >= 0.3 is 0 Å². The smallest absolute Gasteiger partial charge is 0.287 e. The van der Waals surface area contributed by atoms with Crippen LogP contribution in [0.15, 0.2) is 18.3 Å². The lowest BCUT2D eigenvalue weighted by molar-refractivity contribution is -0.385. The molecule has 104 valence electrons. The molecule has 0 saturated carbocycles. The molecule has 1 fully saturated rings. The first kappa shape index (κ1) is 13.7. The van der Waals surface area contributed by atoms with Gasteiger partial charge in [-0.25, -0.2) is 4.98 Å². The largest absolute Gasteiger partial charge is 0.478 e. The molecule has 0 spiro atoms. The molecule has 0 aliphatic carbocycles. The molecule has 1 saturated heterocycles. The van der Waals surface area contributed by atoms with Gasteiger partial charge in [-0.05, 0) is 44.7 Å². The van der Waals surface area contributed by atoms with Gasteiger partial charge in [-0.15, -0.1) is 0 Å². The van der Waals surface area contributed by atoms with Gasteiger partial charge in [0.05, 0.1) is 11.5 Å². The van der Waals surface area contributed by atoms with Gasteiger partial charge in [-0.1, -0.05) is 0 Å². The number of pyridine rings is 1. The number of ether oxygens (including phenoxy) is 1. The van der Waals surface area contributed by atoms with Gasteiger partial charge in [0.2, 0.25) is 5.88 Å². The summed E-state index contributed by atoms with van der Waals surface area (Å²) < 4.78 is 5.48. The second kappa shape index (κ2) is 7.04. The van der Waals surface area contributed by atoms with E-state index in [1.807, 2.05) is 0 Å². The van der Waals surface area contributed by atoms with Crippen LogP contribution in [-0.2, 0) is 0 Å². The highest BCUT2D eigenvalue weighted by Crippen LogP contribution is 2.17. The minimum absolute atomic E-state index is 0.0133. The first-order chi connectivity index (χ1) is 9.25. The number of rotatable bonds is 6. The predicted molar refractivity (Wildman–Crippen MR) is 71.2 cm³/mol. The summed E-state index contributed by atoms with van der Waals surface area (Å²) in [5, 5.41) is 13.9. The van der Waals surface area contributed by atoms with E-state index in [0.29, 0.717) is 12.5 Å². The molecule has 1 aromatic heterocycles. The lowest BCUT2D eigenvalue weighted by Gasteiger charge is -2.22. The Bertz CT molecular complexity index is 402. The van der Waals surface area contributed by atoms with Gasteiger partial charge in [0.15, 0.2) is 0 Å². The van der Waals surface area contributed by atoms with Crippen molar-refractivity contribution in [2.24, 2.45) is 5.92 Å². The molecule has 19 heavy (non-hydrogen) atoms. The van der Waals surface area contributed by atoms with Gasteiger partial charge in [0.1, 0.15) is 6.20 Å². The monoisotopic (exact) mass is 265 g/mol. The highest BCUT2D eigenvalue weighted by Gasteiger charge is 2.12. The fraction of sp³-hybridized carbons (Fsp3) is 0.615. The molecule has 0 aromatic carbocycles. The van der Waals surface area contributed by atoms with E-state index in [1.165, 1.54) is 25.1 Å². The zero-order valence-electron chi connectivity index (χ0n) is 10.9. The van der Waals surface area contributed by atoms with Crippen LogP contribution in [0.3, 0.4) is 0 Å². The van der Waals surface area contributed by atoms with Crippen LogP contribution in [0.5, 0.6) is 5.88 Å². The number of nitrogens with zero attached hydrogens (tertiary/aromatic N) is 2. The Labute approximate surface area is 112 Å². The number of hydrogen-bond donors (Lipinski definition) is 1. The fourth-order valence-corrected chi connectivity index (χ4v) is 2.29. The van der Waals surface area contributed by atoms with Gasteiger partial charge in [-0.3, -0.25) is 10.1 Å². The van der Waals surface area contributed by atoms with Crippen LogP contribution in [0.4, 0.5) is 5.69 Å². The highest BCUT2D eigenvalue weighted by molar-refractivity contribution is 5.28. The summed E-state index contributed by atoms with van der Waals surface area (Å²) in [6, 6.07) is 2.95. The van der Waals surface area contributed by atoms with E-state index >= 15 is 0 Å². The standard InChI is InChI=1S/C13H19N3O3/c17-16(18)12-5-6-13(15-10-12)19-8-2-4-11-3-1-7-14-9-11/h5-6,10-11,14H,1-4,7-9H2/t11-/m1/s1. The Morgan fingerprint density at radius 1 is 1.53 bits per heavy atom. The SMILES string of the molecule is O=[N+]([O-])c1ccc(OCCC[C@H]2CCCNC2)nc1. The molecule has 1 N–H and O–H groups in total. The van der Waals surface area contributed by atoms with E-state index in [4.69, 9.17) is 4.74 Å². The van der Waals surface area contributed by atoms with Crippen LogP contribution in [0, 0.1) is 16.0 Å². The van der Waals surface area contributed by atoms with Crippen molar-refractivity contribution in [3.8, 4) is 5.88 Å². The molecule has 1 aliphatic rings. The topological polar surface area (TPSA) is 77.3 Å². The van der Waals surface area contributed by atoms with Gasteiger partial charge in [0.25, 0.3) is 5.69 Å². The zero-order chi connectivity index (χ0) is 13.5. The summed E-state index contributed by atoms with van der Waals surface area (Å²) in [7, 11) is 0. The summed E-state index contributed by atoms with van der Waals surface area (Å²) in [5.41, 5.74) is -0.0133. The predicted octanol–water partition coefficient (Wildman–Crippen LogP) is 2.15. The van der Waals surface area contributed by atoms with Gasteiger partial charge in [0, 0.05) is 12.1 Å². The van der Waals surface area contributed by atoms with Crippen LogP contribution >= 0.6 is 0 Å². The van der Waals surface area contributed by atoms with Crippen LogP contribution in [0.25, 0.3) is 0 Å². The molecule has 6 nitrogen and oxygen atoms in total. The number of piperidine rings is 1. The summed E-state index contributed by atoms with van der Waals surface area (Å²) in [4.78, 5) is 13.9. The van der Waals surface area contributed by atoms with Gasteiger partial charge in [-0.2, -0.15) is 0 Å². The summed E-state index contributed by atoms with van der Waals surface area (Å²) >= 11 is 0. The molecule has 6 heteroatoms. The fourth-order valence-electron chi connectivity index (χ4n) is 2.29. The van der Waals surface area contributed by atoms with E-state index in [1.54, 1.807) is 6.07 Å². The molecule has 1 aliphatic heterocycles. The first-order valence-corrected chi connectivity index (χ1v) is 6.69. The van der Waals surface area contributed by atoms with E-state index in [2.05, 4.69) is 10.3 Å². The van der Waals surface area contributed by atoms with Crippen molar-refractivity contribution in [1.82, 2.24) is 10.3 Å². The Morgan fingerprint density at radius 2 is 2.42 bits per heavy atom. The van der Waals surface area contributed by atoms with Crippen molar-refractivity contribution in [1.29, 1.82) is 0 Å². The van der Waals surface area contributed by atoms with E-state index in [9.17, 15) is 10.1 Å². The molecular formula is C13H19N3O3. The van der Waals surface area contributed by atoms with Crippen molar-refractivity contribution < 1.29 is 9.66 Å². The van der Waals surface area contributed by atoms with Crippen LogP contribution in [0.2, 0.25) is 0 Å². The molecule has 2 rings (SSSR count). The maximum atomic E-state index is 10.5. The molecule has 2 heterocycles. The average Bonchev–Trinajstić information content (AvgIpc) is 2.45. The Hall–Kier alpha value is -1.69. The van der Waals surface area contributed by atoms with Crippen LogP contribution < -0.4 is 10.1 Å². The van der Waals surface area contributed by atoms with Crippen molar-refractivity contribution in [2.45, 2.75) is 25.7 Å². The number of nitrogens with one attached hydrogen (secondary N) is 1. The summed E-state index contributed by atoms with van der Waals surface area (Å²) in [6.45, 7) is 2.86. The van der Waals surface area contributed by atoms with Crippen molar-refractivity contribution in [3.05, 3.63) is 28.4 Å². The maximum absolute atomic E-state index is 10.5. The molecule has 1 aromatic rings. The summed E-state index contributed by atoms with van der Waals surface area (Å²) in [5.74, 6) is 1.20. The Morgan fingerprint density at radius 3 is 3.05 bits per heavy atom. The van der Waals surface area contributed by atoms with Crippen molar-refractivity contribution in [2.75, 3.05) is 19.7 Å². The third-order valence-electron chi connectivity index (χ3n) is 3.34.